The smallest absolute Gasteiger partial charge is 0.253 e. The standard InChI is InChI=1S/C36H55N7O3/c1-4-5-6-7-8-9-10-11-12-13-14-15-34(44)40-30-23-31(35(37)45)43(25-30)33-24-32(38-26-39-33)41-16-18-42(19-17-41)36(46)29-21-27(2)20-28(3)22-29/h20-22,24,26,30-31H,4-19,23,25H2,1-3H3,(H2,37,45)(H,40,44)/t30-,31-/m0/s1. The normalized spacial score (nSPS) is 18.2. The van der Waals surface area contributed by atoms with Gasteiger partial charge in [0.15, 0.2) is 0 Å². The third-order valence-electron chi connectivity index (χ3n) is 9.29. The molecule has 2 atom stereocenters. The molecule has 0 aliphatic carbocycles. The van der Waals surface area contributed by atoms with E-state index in [9.17, 15) is 14.4 Å². The van der Waals surface area contributed by atoms with E-state index >= 15 is 0 Å². The number of carbonyl (C=O) groups excluding carboxylic acids is 3. The number of benzene rings is 1. The summed E-state index contributed by atoms with van der Waals surface area (Å²) in [5.74, 6) is 1.01. The van der Waals surface area contributed by atoms with Crippen LogP contribution < -0.4 is 20.9 Å². The summed E-state index contributed by atoms with van der Waals surface area (Å²) in [6.45, 7) is 9.19. The van der Waals surface area contributed by atoms with Crippen LogP contribution in [0.5, 0.6) is 0 Å². The van der Waals surface area contributed by atoms with Gasteiger partial charge in [-0.15, -0.1) is 0 Å². The van der Waals surface area contributed by atoms with Gasteiger partial charge in [0.2, 0.25) is 11.8 Å². The predicted octanol–water partition coefficient (Wildman–Crippen LogP) is 5.31. The molecule has 0 saturated carbocycles. The minimum absolute atomic E-state index is 0.0302. The molecule has 4 rings (SSSR count). The fourth-order valence-corrected chi connectivity index (χ4v) is 6.80. The first-order chi connectivity index (χ1) is 22.2. The molecule has 2 aliphatic heterocycles. The van der Waals surface area contributed by atoms with E-state index in [-0.39, 0.29) is 17.9 Å². The van der Waals surface area contributed by atoms with Crippen LogP contribution in [0.3, 0.4) is 0 Å². The van der Waals surface area contributed by atoms with Crippen molar-refractivity contribution < 1.29 is 14.4 Å². The first-order valence-corrected chi connectivity index (χ1v) is 17.5. The van der Waals surface area contributed by atoms with Gasteiger partial charge in [0.05, 0.1) is 0 Å². The number of unbranched alkanes of at least 4 members (excludes halogenated alkanes) is 10. The van der Waals surface area contributed by atoms with Crippen LogP contribution in [0.1, 0.15) is 112 Å². The molecule has 2 saturated heterocycles. The number of carbonyl (C=O) groups is 3. The third-order valence-corrected chi connectivity index (χ3v) is 9.29. The Morgan fingerprint density at radius 3 is 2.00 bits per heavy atom. The Balaban J connectivity index is 1.22. The lowest BCUT2D eigenvalue weighted by Gasteiger charge is -2.36. The summed E-state index contributed by atoms with van der Waals surface area (Å²) in [5.41, 5.74) is 8.69. The van der Waals surface area contributed by atoms with Crippen LogP contribution >= 0.6 is 0 Å². The van der Waals surface area contributed by atoms with E-state index in [2.05, 4.69) is 33.2 Å². The summed E-state index contributed by atoms with van der Waals surface area (Å²) < 4.78 is 0. The van der Waals surface area contributed by atoms with Crippen molar-refractivity contribution in [3.63, 3.8) is 0 Å². The lowest BCUT2D eigenvalue weighted by atomic mass is 10.1. The van der Waals surface area contributed by atoms with Gasteiger partial charge in [-0.3, -0.25) is 14.4 Å². The first-order valence-electron chi connectivity index (χ1n) is 17.5. The van der Waals surface area contributed by atoms with Gasteiger partial charge < -0.3 is 25.8 Å². The van der Waals surface area contributed by atoms with Crippen molar-refractivity contribution in [3.8, 4) is 0 Å². The van der Waals surface area contributed by atoms with E-state index in [1.807, 2.05) is 41.8 Å². The number of primary amides is 1. The van der Waals surface area contributed by atoms with Crippen LogP contribution in [0, 0.1) is 13.8 Å². The van der Waals surface area contributed by atoms with Gasteiger partial charge in [0, 0.05) is 56.8 Å². The molecule has 0 unspecified atom stereocenters. The summed E-state index contributed by atoms with van der Waals surface area (Å²) in [7, 11) is 0. The molecule has 2 fully saturated rings. The van der Waals surface area contributed by atoms with Crippen molar-refractivity contribution in [2.45, 2.75) is 116 Å². The van der Waals surface area contributed by atoms with E-state index in [1.54, 1.807) is 0 Å². The van der Waals surface area contributed by atoms with Crippen LogP contribution in [0.25, 0.3) is 0 Å². The molecule has 46 heavy (non-hydrogen) atoms. The molecule has 1 aromatic carbocycles. The van der Waals surface area contributed by atoms with E-state index in [4.69, 9.17) is 5.73 Å². The Morgan fingerprint density at radius 1 is 0.804 bits per heavy atom. The number of aryl methyl sites for hydroxylation is 2. The number of hydrogen-bond acceptors (Lipinski definition) is 7. The van der Waals surface area contributed by atoms with Gasteiger partial charge in [-0.1, -0.05) is 88.3 Å². The summed E-state index contributed by atoms with van der Waals surface area (Å²) in [6, 6.07) is 7.11. The van der Waals surface area contributed by atoms with Gasteiger partial charge in [0.25, 0.3) is 5.91 Å². The molecule has 2 aliphatic rings. The molecule has 1 aromatic heterocycles. The third kappa shape index (κ3) is 10.4. The van der Waals surface area contributed by atoms with Crippen molar-refractivity contribution in [2.24, 2.45) is 5.73 Å². The predicted molar refractivity (Wildman–Crippen MR) is 184 cm³/mol. The molecule has 10 nitrogen and oxygen atoms in total. The summed E-state index contributed by atoms with van der Waals surface area (Å²) >= 11 is 0. The number of amides is 3. The highest BCUT2D eigenvalue weighted by molar-refractivity contribution is 5.94. The maximum absolute atomic E-state index is 13.1. The van der Waals surface area contributed by atoms with Gasteiger partial charge in [-0.25, -0.2) is 9.97 Å². The van der Waals surface area contributed by atoms with Crippen molar-refractivity contribution in [1.82, 2.24) is 20.2 Å². The maximum Gasteiger partial charge on any atom is 0.253 e. The maximum atomic E-state index is 13.1. The van der Waals surface area contributed by atoms with Crippen LogP contribution in [0.4, 0.5) is 11.6 Å². The number of nitrogens with zero attached hydrogens (tertiary/aromatic N) is 5. The molecule has 3 amide bonds. The fourth-order valence-electron chi connectivity index (χ4n) is 6.80. The van der Waals surface area contributed by atoms with Crippen LogP contribution in [0.15, 0.2) is 30.6 Å². The Bertz CT molecular complexity index is 1270. The van der Waals surface area contributed by atoms with E-state index in [0.29, 0.717) is 51.4 Å². The van der Waals surface area contributed by atoms with Crippen molar-refractivity contribution >= 4 is 29.4 Å². The highest BCUT2D eigenvalue weighted by Gasteiger charge is 2.37. The van der Waals surface area contributed by atoms with Gasteiger partial charge in [-0.05, 0) is 38.8 Å². The van der Waals surface area contributed by atoms with Crippen molar-refractivity contribution in [3.05, 3.63) is 47.3 Å². The molecule has 3 N–H and O–H groups in total. The Kier molecular flexibility index (Phi) is 13.7. The SMILES string of the molecule is CCCCCCCCCCCCCC(=O)N[C@H]1C[C@@H](C(N)=O)N(c2cc(N3CCN(C(=O)c4cc(C)cc(C)c4)CC3)ncn2)C1. The zero-order chi connectivity index (χ0) is 32.9. The fraction of sp³-hybridized carbons (Fsp3) is 0.639. The van der Waals surface area contributed by atoms with Gasteiger partial charge >= 0.3 is 0 Å². The summed E-state index contributed by atoms with van der Waals surface area (Å²) in [4.78, 5) is 53.2. The highest BCUT2D eigenvalue weighted by atomic mass is 16.2. The van der Waals surface area contributed by atoms with Crippen molar-refractivity contribution in [2.75, 3.05) is 42.5 Å². The lowest BCUT2D eigenvalue weighted by molar-refractivity contribution is -0.122. The molecule has 2 aromatic rings. The number of anilines is 2. The first kappa shape index (κ1) is 35.2. The number of piperazine rings is 1. The molecule has 0 spiro atoms. The average Bonchev–Trinajstić information content (AvgIpc) is 3.47. The Labute approximate surface area is 275 Å². The molecular formula is C36H55N7O3. The lowest BCUT2D eigenvalue weighted by Crippen LogP contribution is -2.49. The zero-order valence-electron chi connectivity index (χ0n) is 28.3. The van der Waals surface area contributed by atoms with E-state index in [1.165, 1.54) is 64.1 Å². The quantitative estimate of drug-likeness (QED) is 0.226. The molecule has 10 heteroatoms. The zero-order valence-corrected chi connectivity index (χ0v) is 28.3. The molecule has 252 valence electrons. The second-order valence-electron chi connectivity index (χ2n) is 13.2. The molecule has 3 heterocycles. The minimum atomic E-state index is -0.553. The molecule has 0 bridgehead atoms. The summed E-state index contributed by atoms with van der Waals surface area (Å²) in [5, 5.41) is 3.13. The Hall–Kier alpha value is -3.69. The summed E-state index contributed by atoms with van der Waals surface area (Å²) in [6.07, 6.45) is 16.2. The number of rotatable bonds is 17. The van der Waals surface area contributed by atoms with Crippen LogP contribution in [-0.4, -0.2) is 77.4 Å². The number of aromatic nitrogens is 2. The second kappa shape index (κ2) is 17.9. The van der Waals surface area contributed by atoms with Crippen LogP contribution in [-0.2, 0) is 9.59 Å². The number of nitrogens with two attached hydrogens (primary N) is 1. The number of nitrogens with one attached hydrogen (secondary N) is 1. The topological polar surface area (TPSA) is 125 Å². The van der Waals surface area contributed by atoms with Gasteiger partial charge in [-0.2, -0.15) is 0 Å². The minimum Gasteiger partial charge on any atom is -0.368 e. The average molecular weight is 634 g/mol. The van der Waals surface area contributed by atoms with Crippen LogP contribution in [0.2, 0.25) is 0 Å². The highest BCUT2D eigenvalue weighted by Crippen LogP contribution is 2.27. The molecular weight excluding hydrogens is 578 g/mol. The molecule has 0 radical (unpaired) electrons. The van der Waals surface area contributed by atoms with E-state index < -0.39 is 11.9 Å². The second-order valence-corrected chi connectivity index (χ2v) is 13.2. The monoisotopic (exact) mass is 633 g/mol. The van der Waals surface area contributed by atoms with E-state index in [0.717, 1.165) is 35.3 Å². The Morgan fingerprint density at radius 2 is 1.39 bits per heavy atom. The van der Waals surface area contributed by atoms with Crippen molar-refractivity contribution in [1.29, 1.82) is 0 Å². The van der Waals surface area contributed by atoms with Gasteiger partial charge in [0.1, 0.15) is 24.0 Å². The number of hydrogen-bond donors (Lipinski definition) is 2. The largest absolute Gasteiger partial charge is 0.368 e.